The van der Waals surface area contributed by atoms with Crippen molar-refractivity contribution in [3.05, 3.63) is 29.3 Å². The molecule has 1 rings (SSSR count). The van der Waals surface area contributed by atoms with E-state index < -0.39 is 0 Å². The topological polar surface area (TPSA) is 12.4 Å². The van der Waals surface area contributed by atoms with Crippen molar-refractivity contribution in [1.29, 1.82) is 0 Å². The fraction of sp³-hybridized carbons (Fsp3) is 0.250. The van der Waals surface area contributed by atoms with Crippen molar-refractivity contribution < 1.29 is 17.2 Å². The number of benzene rings is 1. The van der Waals surface area contributed by atoms with Crippen molar-refractivity contribution in [3.8, 4) is 0 Å². The zero-order chi connectivity index (χ0) is 7.56. The van der Waals surface area contributed by atoms with E-state index in [-0.39, 0.29) is 0 Å². The van der Waals surface area contributed by atoms with Gasteiger partial charge in [0.2, 0.25) is 0 Å². The number of nitrogens with zero attached hydrogens (tertiary/aromatic N) is 1. The zero-order valence-corrected chi connectivity index (χ0v) is 7.52. The van der Waals surface area contributed by atoms with E-state index in [2.05, 4.69) is 47.0 Å². The predicted molar refractivity (Wildman–Crippen MR) is 38.0 cm³/mol. The molecule has 0 N–H and O–H groups in total. The summed E-state index contributed by atoms with van der Waals surface area (Å²) in [6, 6.07) is 6.19. The zero-order valence-electron chi connectivity index (χ0n) is 6.13. The Bertz CT molecular complexity index is 235. The molecule has 0 saturated heterocycles. The van der Waals surface area contributed by atoms with Crippen molar-refractivity contribution in [2.45, 2.75) is 13.8 Å². The summed E-state index contributed by atoms with van der Waals surface area (Å²) in [6.45, 7) is 4.14. The molecule has 2 heteroatoms. The molecule has 0 amide bonds. The third kappa shape index (κ3) is 1.36. The van der Waals surface area contributed by atoms with Gasteiger partial charge in [0.25, 0.3) is 0 Å². The van der Waals surface area contributed by atoms with Crippen molar-refractivity contribution in [2.75, 3.05) is 0 Å². The van der Waals surface area contributed by atoms with Gasteiger partial charge in [0.15, 0.2) is 0 Å². The molecule has 0 radical (unpaired) electrons. The van der Waals surface area contributed by atoms with Crippen LogP contribution in [0.5, 0.6) is 0 Å². The van der Waals surface area contributed by atoms with Crippen LogP contribution in [0.3, 0.4) is 0 Å². The SMILES string of the molecule is Cc1cccc(C)c1[N]=[V]. The average molecular weight is 170 g/mol. The molecule has 0 aliphatic rings. The van der Waals surface area contributed by atoms with Crippen molar-refractivity contribution in [1.82, 2.24) is 0 Å². The van der Waals surface area contributed by atoms with E-state index in [0.717, 1.165) is 5.69 Å². The summed E-state index contributed by atoms with van der Waals surface area (Å²) in [5.74, 6) is 0. The molecule has 0 fully saturated rings. The average Bonchev–Trinajstić information content (AvgIpc) is 1.88. The van der Waals surface area contributed by atoms with E-state index >= 15 is 0 Å². The minimum absolute atomic E-state index is 1.10. The third-order valence-electron chi connectivity index (χ3n) is 1.54. The molecular formula is C8H9NV. The predicted octanol–water partition coefficient (Wildman–Crippen LogP) is 2.67. The summed E-state index contributed by atoms with van der Waals surface area (Å²) in [5.41, 5.74) is 3.57. The van der Waals surface area contributed by atoms with Gasteiger partial charge in [0, 0.05) is 0 Å². The maximum atomic E-state index is 4.11. The van der Waals surface area contributed by atoms with Crippen LogP contribution in [0.15, 0.2) is 22.0 Å². The van der Waals surface area contributed by atoms with Crippen LogP contribution in [-0.4, -0.2) is 0 Å². The second kappa shape index (κ2) is 3.13. The summed E-state index contributed by atoms with van der Waals surface area (Å²) in [7, 11) is 0. The molecular weight excluding hydrogens is 161 g/mol. The maximum absolute atomic E-state index is 4.11. The molecule has 0 aliphatic heterocycles. The number of hydrogen-bond acceptors (Lipinski definition) is 1. The van der Waals surface area contributed by atoms with Gasteiger partial charge in [-0.2, -0.15) is 0 Å². The van der Waals surface area contributed by atoms with Crippen LogP contribution in [0.4, 0.5) is 5.69 Å². The molecule has 1 aromatic carbocycles. The van der Waals surface area contributed by atoms with Crippen LogP contribution < -0.4 is 0 Å². The summed E-state index contributed by atoms with van der Waals surface area (Å²) in [6.07, 6.45) is 0. The Labute approximate surface area is 70.2 Å². The van der Waals surface area contributed by atoms with Gasteiger partial charge >= 0.3 is 69.9 Å². The molecule has 0 saturated carbocycles. The molecule has 0 aromatic heterocycles. The third-order valence-corrected chi connectivity index (χ3v) is 1.85. The van der Waals surface area contributed by atoms with E-state index in [0.29, 0.717) is 0 Å². The Hall–Kier alpha value is -0.396. The van der Waals surface area contributed by atoms with Gasteiger partial charge in [0.1, 0.15) is 0 Å². The van der Waals surface area contributed by atoms with Crippen LogP contribution in [0, 0.1) is 13.8 Å². The Balaban J connectivity index is 3.30. The van der Waals surface area contributed by atoms with Crippen LogP contribution >= 0.6 is 0 Å². The Morgan fingerprint density at radius 2 is 1.70 bits per heavy atom. The second-order valence-corrected chi connectivity index (χ2v) is 2.65. The monoisotopic (exact) mass is 170 g/mol. The first kappa shape index (κ1) is 7.71. The summed E-state index contributed by atoms with van der Waals surface area (Å²) >= 11 is 2.25. The molecule has 0 atom stereocenters. The molecule has 0 bridgehead atoms. The fourth-order valence-electron chi connectivity index (χ4n) is 0.963. The molecule has 0 unspecified atom stereocenters. The van der Waals surface area contributed by atoms with Crippen molar-refractivity contribution >= 4 is 5.69 Å². The first-order valence-electron chi connectivity index (χ1n) is 3.17. The van der Waals surface area contributed by atoms with Crippen molar-refractivity contribution in [3.63, 3.8) is 0 Å². The Kier molecular flexibility index (Phi) is 2.41. The van der Waals surface area contributed by atoms with Gasteiger partial charge in [-0.05, 0) is 0 Å². The van der Waals surface area contributed by atoms with Crippen LogP contribution in [0.2, 0.25) is 0 Å². The van der Waals surface area contributed by atoms with E-state index in [9.17, 15) is 0 Å². The van der Waals surface area contributed by atoms with E-state index in [1.54, 1.807) is 0 Å². The van der Waals surface area contributed by atoms with Gasteiger partial charge in [-0.3, -0.25) is 0 Å². The first-order chi connectivity index (χ1) is 4.75. The van der Waals surface area contributed by atoms with Crippen LogP contribution in [0.25, 0.3) is 0 Å². The Morgan fingerprint density at radius 3 is 2.00 bits per heavy atom. The molecule has 51 valence electrons. The number of hydrogen-bond donors (Lipinski definition) is 0. The number of rotatable bonds is 1. The fourth-order valence-corrected chi connectivity index (χ4v) is 1.46. The van der Waals surface area contributed by atoms with E-state index in [1.807, 2.05) is 6.07 Å². The molecule has 0 aliphatic carbocycles. The van der Waals surface area contributed by atoms with Gasteiger partial charge in [-0.25, -0.2) is 0 Å². The van der Waals surface area contributed by atoms with Gasteiger partial charge < -0.3 is 0 Å². The molecule has 0 spiro atoms. The molecule has 1 aromatic rings. The summed E-state index contributed by atoms with van der Waals surface area (Å²) < 4.78 is 4.11. The number of aryl methyl sites for hydroxylation is 2. The van der Waals surface area contributed by atoms with Gasteiger partial charge in [-0.15, -0.1) is 0 Å². The Morgan fingerprint density at radius 1 is 1.20 bits per heavy atom. The van der Waals surface area contributed by atoms with E-state index in [1.165, 1.54) is 11.1 Å². The molecule has 1 nitrogen and oxygen atoms in total. The normalized spacial score (nSPS) is 9.30. The standard InChI is InChI=1S/C8H9N.V/c1-6-4-3-5-7(2)8(6)9;/h3-5H,1-2H3;. The summed E-state index contributed by atoms with van der Waals surface area (Å²) in [5, 5.41) is 0. The van der Waals surface area contributed by atoms with Crippen LogP contribution in [-0.2, 0) is 17.2 Å². The second-order valence-electron chi connectivity index (χ2n) is 2.34. The quantitative estimate of drug-likeness (QED) is 0.614. The van der Waals surface area contributed by atoms with E-state index in [4.69, 9.17) is 0 Å². The van der Waals surface area contributed by atoms with Gasteiger partial charge in [-0.1, -0.05) is 0 Å². The van der Waals surface area contributed by atoms with Crippen molar-refractivity contribution in [2.24, 2.45) is 3.79 Å². The minimum atomic E-state index is 1.10. The van der Waals surface area contributed by atoms with Gasteiger partial charge in [0.05, 0.1) is 0 Å². The first-order valence-corrected chi connectivity index (χ1v) is 3.79. The molecule has 10 heavy (non-hydrogen) atoms. The summed E-state index contributed by atoms with van der Waals surface area (Å²) in [4.78, 5) is 0. The molecule has 0 heterocycles. The van der Waals surface area contributed by atoms with Crippen LogP contribution in [0.1, 0.15) is 11.1 Å².